The molecular formula is C20H20N2O3S. The Morgan fingerprint density at radius 3 is 2.58 bits per heavy atom. The smallest absolute Gasteiger partial charge is 0.307 e. The van der Waals surface area contributed by atoms with E-state index in [1.807, 2.05) is 54.6 Å². The molecule has 5 nitrogen and oxygen atoms in total. The van der Waals surface area contributed by atoms with Crippen LogP contribution in [0.15, 0.2) is 54.6 Å². The van der Waals surface area contributed by atoms with Crippen LogP contribution in [0.1, 0.15) is 29.5 Å². The Bertz CT molecular complexity index is 859. The average molecular weight is 368 g/mol. The van der Waals surface area contributed by atoms with Crippen LogP contribution < -0.4 is 5.32 Å². The van der Waals surface area contributed by atoms with E-state index in [4.69, 9.17) is 4.74 Å². The molecule has 0 fully saturated rings. The zero-order valence-electron chi connectivity index (χ0n) is 14.5. The molecule has 0 saturated carbocycles. The second kappa shape index (κ2) is 8.58. The zero-order valence-corrected chi connectivity index (χ0v) is 15.3. The highest BCUT2D eigenvalue weighted by Crippen LogP contribution is 2.23. The van der Waals surface area contributed by atoms with Crippen LogP contribution in [0.3, 0.4) is 0 Å². The van der Waals surface area contributed by atoms with Gasteiger partial charge in [-0.25, -0.2) is 4.98 Å². The molecule has 26 heavy (non-hydrogen) atoms. The van der Waals surface area contributed by atoms with Gasteiger partial charge in [0.2, 0.25) is 5.91 Å². The van der Waals surface area contributed by atoms with E-state index in [9.17, 15) is 9.59 Å². The number of nitrogens with one attached hydrogen (secondary N) is 1. The van der Waals surface area contributed by atoms with Gasteiger partial charge in [0.05, 0.1) is 34.8 Å². The number of rotatable bonds is 7. The third kappa shape index (κ3) is 4.67. The number of fused-ring (bicyclic) bond motifs is 1. The van der Waals surface area contributed by atoms with Crippen LogP contribution in [0.5, 0.6) is 0 Å². The molecule has 0 bridgehead atoms. The molecule has 3 rings (SSSR count). The number of thiazole rings is 1. The van der Waals surface area contributed by atoms with Crippen LogP contribution in [0.25, 0.3) is 10.2 Å². The first-order valence-corrected chi connectivity index (χ1v) is 9.23. The Kier molecular flexibility index (Phi) is 5.96. The number of methoxy groups -OCH3 is 1. The topological polar surface area (TPSA) is 68.3 Å². The van der Waals surface area contributed by atoms with E-state index >= 15 is 0 Å². The number of aromatic nitrogens is 1. The number of hydrogen-bond donors (Lipinski definition) is 1. The molecule has 0 unspecified atom stereocenters. The second-order valence-corrected chi connectivity index (χ2v) is 7.00. The highest BCUT2D eigenvalue weighted by atomic mass is 32.1. The Balaban J connectivity index is 1.62. The van der Waals surface area contributed by atoms with Crippen molar-refractivity contribution in [2.45, 2.75) is 25.3 Å². The summed E-state index contributed by atoms with van der Waals surface area (Å²) in [4.78, 5) is 28.6. The Morgan fingerprint density at radius 2 is 1.85 bits per heavy atom. The number of nitrogens with zero attached hydrogens (tertiary/aromatic N) is 1. The van der Waals surface area contributed by atoms with Gasteiger partial charge in [0, 0.05) is 12.8 Å². The summed E-state index contributed by atoms with van der Waals surface area (Å²) in [5.41, 5.74) is 1.84. The number of ether oxygens (including phenoxy) is 1. The van der Waals surface area contributed by atoms with Gasteiger partial charge in [-0.15, -0.1) is 11.3 Å². The van der Waals surface area contributed by atoms with Gasteiger partial charge in [0.25, 0.3) is 0 Å². The first kappa shape index (κ1) is 18.1. The lowest BCUT2D eigenvalue weighted by molar-refractivity contribution is -0.141. The van der Waals surface area contributed by atoms with Crippen LogP contribution in [-0.4, -0.2) is 24.0 Å². The SMILES string of the molecule is COC(=O)C[C@H](NC(=O)CCc1nc2ccccc2s1)c1ccccc1. The summed E-state index contributed by atoms with van der Waals surface area (Å²) in [5, 5.41) is 3.88. The van der Waals surface area contributed by atoms with E-state index in [1.54, 1.807) is 11.3 Å². The molecule has 2 aromatic carbocycles. The lowest BCUT2D eigenvalue weighted by Gasteiger charge is -2.18. The molecule has 3 aromatic rings. The number of amides is 1. The van der Waals surface area contributed by atoms with Crippen molar-refractivity contribution < 1.29 is 14.3 Å². The van der Waals surface area contributed by atoms with E-state index in [0.717, 1.165) is 20.8 Å². The molecule has 0 aliphatic carbocycles. The molecular weight excluding hydrogens is 348 g/mol. The minimum absolute atomic E-state index is 0.105. The van der Waals surface area contributed by atoms with E-state index in [-0.39, 0.29) is 18.3 Å². The minimum atomic E-state index is -0.397. The summed E-state index contributed by atoms with van der Waals surface area (Å²) in [7, 11) is 1.35. The standard InChI is InChI=1S/C20H20N2O3S/c1-25-20(24)13-16(14-7-3-2-4-8-14)21-18(23)11-12-19-22-15-9-5-6-10-17(15)26-19/h2-10,16H,11-13H2,1H3,(H,21,23)/t16-/m0/s1. The molecule has 0 saturated heterocycles. The Hall–Kier alpha value is -2.73. The molecule has 1 atom stereocenters. The van der Waals surface area contributed by atoms with Crippen molar-refractivity contribution in [3.05, 3.63) is 65.2 Å². The molecule has 0 aliphatic heterocycles. The molecule has 1 heterocycles. The van der Waals surface area contributed by atoms with Crippen molar-refractivity contribution in [3.63, 3.8) is 0 Å². The Labute approximate surface area is 156 Å². The number of para-hydroxylation sites is 1. The van der Waals surface area contributed by atoms with Crippen LogP contribution in [0.4, 0.5) is 0 Å². The number of carbonyl (C=O) groups excluding carboxylic acids is 2. The zero-order chi connectivity index (χ0) is 18.4. The van der Waals surface area contributed by atoms with Gasteiger partial charge in [-0.1, -0.05) is 42.5 Å². The van der Waals surface area contributed by atoms with Crippen LogP contribution >= 0.6 is 11.3 Å². The van der Waals surface area contributed by atoms with Crippen molar-refractivity contribution in [2.75, 3.05) is 7.11 Å². The molecule has 0 aliphatic rings. The van der Waals surface area contributed by atoms with Crippen LogP contribution in [0.2, 0.25) is 0 Å². The summed E-state index contributed by atoms with van der Waals surface area (Å²) in [6.45, 7) is 0. The maximum Gasteiger partial charge on any atom is 0.307 e. The number of carbonyl (C=O) groups is 2. The lowest BCUT2D eigenvalue weighted by atomic mass is 10.0. The van der Waals surface area contributed by atoms with E-state index in [2.05, 4.69) is 10.3 Å². The van der Waals surface area contributed by atoms with Crippen molar-refractivity contribution >= 4 is 33.4 Å². The van der Waals surface area contributed by atoms with E-state index < -0.39 is 6.04 Å². The van der Waals surface area contributed by atoms with Crippen molar-refractivity contribution in [2.24, 2.45) is 0 Å². The predicted molar refractivity (Wildman–Crippen MR) is 102 cm³/mol. The van der Waals surface area contributed by atoms with Gasteiger partial charge in [-0.2, -0.15) is 0 Å². The van der Waals surface area contributed by atoms with Gasteiger partial charge >= 0.3 is 5.97 Å². The van der Waals surface area contributed by atoms with Gasteiger partial charge < -0.3 is 10.1 Å². The summed E-state index contributed by atoms with van der Waals surface area (Å²) in [6, 6.07) is 17.0. The fourth-order valence-corrected chi connectivity index (χ4v) is 3.67. The van der Waals surface area contributed by atoms with E-state index in [0.29, 0.717) is 12.8 Å². The maximum absolute atomic E-state index is 12.4. The number of hydrogen-bond acceptors (Lipinski definition) is 5. The third-order valence-corrected chi connectivity index (χ3v) is 5.14. The normalized spacial score (nSPS) is 11.9. The van der Waals surface area contributed by atoms with Gasteiger partial charge in [0.15, 0.2) is 0 Å². The summed E-state index contributed by atoms with van der Waals surface area (Å²) in [6.07, 6.45) is 1.00. The highest BCUT2D eigenvalue weighted by Gasteiger charge is 2.19. The van der Waals surface area contributed by atoms with Gasteiger partial charge in [-0.3, -0.25) is 9.59 Å². The number of benzene rings is 2. The molecule has 1 N–H and O–H groups in total. The van der Waals surface area contributed by atoms with Crippen LogP contribution in [-0.2, 0) is 20.7 Å². The molecule has 0 spiro atoms. The third-order valence-electron chi connectivity index (χ3n) is 4.04. The van der Waals surface area contributed by atoms with Gasteiger partial charge in [-0.05, 0) is 17.7 Å². The Morgan fingerprint density at radius 1 is 1.12 bits per heavy atom. The maximum atomic E-state index is 12.4. The van der Waals surface area contributed by atoms with Crippen molar-refractivity contribution in [1.29, 1.82) is 0 Å². The first-order chi connectivity index (χ1) is 12.7. The first-order valence-electron chi connectivity index (χ1n) is 8.41. The average Bonchev–Trinajstić information content (AvgIpc) is 3.09. The quantitative estimate of drug-likeness (QED) is 0.647. The van der Waals surface area contributed by atoms with Crippen molar-refractivity contribution in [3.8, 4) is 0 Å². The molecule has 1 amide bonds. The monoisotopic (exact) mass is 368 g/mol. The number of esters is 1. The second-order valence-electron chi connectivity index (χ2n) is 5.89. The fraction of sp³-hybridized carbons (Fsp3) is 0.250. The lowest BCUT2D eigenvalue weighted by Crippen LogP contribution is -2.30. The van der Waals surface area contributed by atoms with Crippen molar-refractivity contribution in [1.82, 2.24) is 10.3 Å². The number of aryl methyl sites for hydroxylation is 1. The molecule has 0 radical (unpaired) electrons. The van der Waals surface area contributed by atoms with Crippen LogP contribution in [0, 0.1) is 0 Å². The largest absolute Gasteiger partial charge is 0.469 e. The van der Waals surface area contributed by atoms with E-state index in [1.165, 1.54) is 7.11 Å². The molecule has 134 valence electrons. The fourth-order valence-electron chi connectivity index (χ4n) is 2.70. The highest BCUT2D eigenvalue weighted by molar-refractivity contribution is 7.18. The molecule has 6 heteroatoms. The minimum Gasteiger partial charge on any atom is -0.469 e. The summed E-state index contributed by atoms with van der Waals surface area (Å²) < 4.78 is 5.87. The summed E-state index contributed by atoms with van der Waals surface area (Å²) >= 11 is 1.60. The summed E-state index contributed by atoms with van der Waals surface area (Å²) in [5.74, 6) is -0.465. The van der Waals surface area contributed by atoms with Gasteiger partial charge in [0.1, 0.15) is 0 Å². The molecule has 1 aromatic heterocycles. The predicted octanol–water partition coefficient (Wildman–Crippen LogP) is 3.65.